The molecule has 166 valence electrons. The van der Waals surface area contributed by atoms with Gasteiger partial charge in [0.15, 0.2) is 11.6 Å². The molecule has 3 N–H and O–H groups in total. The first kappa shape index (κ1) is 23.5. The molecule has 0 radical (unpaired) electrons. The molecule has 10 nitrogen and oxygen atoms in total. The lowest BCUT2D eigenvalue weighted by Crippen LogP contribution is -2.34. The van der Waals surface area contributed by atoms with Gasteiger partial charge >= 0.3 is 0 Å². The second-order valence-electron chi connectivity index (χ2n) is 6.74. The number of nitrogens with two attached hydrogens (primary N) is 1. The maximum absolute atomic E-state index is 5.21. The number of ether oxygens (including phenoxy) is 2. The molecule has 0 saturated heterocycles. The van der Waals surface area contributed by atoms with Gasteiger partial charge < -0.3 is 29.6 Å². The van der Waals surface area contributed by atoms with Crippen molar-refractivity contribution < 1.29 is 14.0 Å². The lowest BCUT2D eigenvalue weighted by atomic mass is 10.3. The van der Waals surface area contributed by atoms with E-state index in [4.69, 9.17) is 19.7 Å². The molecule has 0 aliphatic rings. The first-order chi connectivity index (χ1) is 14.7. The van der Waals surface area contributed by atoms with Gasteiger partial charge in [-0.1, -0.05) is 18.3 Å². The van der Waals surface area contributed by atoms with Crippen molar-refractivity contribution in [2.24, 2.45) is 5.73 Å². The molecule has 3 rings (SSSR count). The zero-order valence-electron chi connectivity index (χ0n) is 18.6. The first-order valence-electron chi connectivity index (χ1n) is 9.48. The summed E-state index contributed by atoms with van der Waals surface area (Å²) in [6.07, 6.45) is 1.94. The average Bonchev–Trinajstić information content (AvgIpc) is 3.30. The minimum absolute atomic E-state index is 0.443. The van der Waals surface area contributed by atoms with Crippen molar-refractivity contribution in [3.05, 3.63) is 58.7 Å². The molecule has 0 unspecified atom stereocenters. The lowest BCUT2D eigenvalue weighted by Gasteiger charge is -2.09. The number of allylic oxidation sites excluding steroid dienone is 1. The summed E-state index contributed by atoms with van der Waals surface area (Å²) in [5.41, 5.74) is 6.52. The highest BCUT2D eigenvalue weighted by Gasteiger charge is 2.09. The van der Waals surface area contributed by atoms with E-state index in [0.717, 1.165) is 16.3 Å². The van der Waals surface area contributed by atoms with Gasteiger partial charge in [0, 0.05) is 18.8 Å². The normalized spacial score (nSPS) is 11.3. The fourth-order valence-corrected chi connectivity index (χ4v) is 2.70. The van der Waals surface area contributed by atoms with Crippen LogP contribution in [0.5, 0.6) is 11.8 Å². The van der Waals surface area contributed by atoms with Gasteiger partial charge in [0.2, 0.25) is 17.7 Å². The molecular weight excluding hydrogens is 398 g/mol. The Bertz CT molecular complexity index is 1110. The maximum Gasteiger partial charge on any atom is 0.223 e. The predicted octanol–water partition coefficient (Wildman–Crippen LogP) is 0.842. The second kappa shape index (κ2) is 10.8. The summed E-state index contributed by atoms with van der Waals surface area (Å²) in [7, 11) is 3.12. The van der Waals surface area contributed by atoms with Crippen LogP contribution in [0.2, 0.25) is 0 Å². The second-order valence-corrected chi connectivity index (χ2v) is 6.74. The van der Waals surface area contributed by atoms with Gasteiger partial charge in [-0.15, -0.1) is 0 Å². The van der Waals surface area contributed by atoms with Crippen LogP contribution in [-0.4, -0.2) is 38.9 Å². The van der Waals surface area contributed by atoms with E-state index in [9.17, 15) is 0 Å². The van der Waals surface area contributed by atoms with Gasteiger partial charge in [-0.05, 0) is 30.8 Å². The third-order valence-electron chi connectivity index (χ3n) is 3.94. The van der Waals surface area contributed by atoms with Crippen LogP contribution in [0, 0.1) is 6.92 Å². The van der Waals surface area contributed by atoms with E-state index in [1.54, 1.807) is 34.1 Å². The van der Waals surface area contributed by atoms with Crippen LogP contribution >= 0.6 is 0 Å². The highest BCUT2D eigenvalue weighted by Crippen LogP contribution is 2.15. The van der Waals surface area contributed by atoms with Crippen molar-refractivity contribution in [3.8, 4) is 11.8 Å². The molecule has 0 atom stereocenters. The molecule has 0 saturated carbocycles. The molecule has 0 aliphatic carbocycles. The quantitative estimate of drug-likeness (QED) is 0.564. The fraction of sp³-hybridized carbons (Fsp3) is 0.333. The van der Waals surface area contributed by atoms with Gasteiger partial charge in [0.1, 0.15) is 0 Å². The third kappa shape index (κ3) is 6.88. The Balaban J connectivity index is 0.000000785. The summed E-state index contributed by atoms with van der Waals surface area (Å²) < 4.78 is 17.4. The van der Waals surface area contributed by atoms with Crippen molar-refractivity contribution in [2.45, 2.75) is 33.9 Å². The Hall–Kier alpha value is -3.82. The highest BCUT2D eigenvalue weighted by molar-refractivity contribution is 5.38. The minimum atomic E-state index is 0.443. The van der Waals surface area contributed by atoms with Gasteiger partial charge in [0.05, 0.1) is 38.7 Å². The molecule has 3 heterocycles. The van der Waals surface area contributed by atoms with Gasteiger partial charge in [-0.25, -0.2) is 0 Å². The first-order valence-corrected chi connectivity index (χ1v) is 9.48. The Labute approximate surface area is 181 Å². The molecule has 0 spiro atoms. The van der Waals surface area contributed by atoms with Crippen molar-refractivity contribution >= 4 is 12.3 Å². The van der Waals surface area contributed by atoms with Crippen molar-refractivity contribution in [2.75, 3.05) is 14.2 Å². The zero-order chi connectivity index (χ0) is 23.0. The van der Waals surface area contributed by atoms with Crippen molar-refractivity contribution in [3.63, 3.8) is 0 Å². The van der Waals surface area contributed by atoms with E-state index in [2.05, 4.69) is 38.6 Å². The van der Waals surface area contributed by atoms with Gasteiger partial charge in [-0.3, -0.25) is 0 Å². The number of hydrogen-bond donors (Lipinski definition) is 2. The van der Waals surface area contributed by atoms with Gasteiger partial charge in [-0.2, -0.15) is 15.0 Å². The number of hydrogen-bond acceptors (Lipinski definition) is 9. The summed E-state index contributed by atoms with van der Waals surface area (Å²) in [6.45, 7) is 13.8. The minimum Gasteiger partial charge on any atom is -0.481 e. The summed E-state index contributed by atoms with van der Waals surface area (Å²) >= 11 is 0. The summed E-state index contributed by atoms with van der Waals surface area (Å²) in [5, 5.41) is 9.03. The maximum atomic E-state index is 5.21. The highest BCUT2D eigenvalue weighted by atomic mass is 16.5. The van der Waals surface area contributed by atoms with Crippen molar-refractivity contribution in [1.29, 1.82) is 0 Å². The molecule has 31 heavy (non-hydrogen) atoms. The van der Waals surface area contributed by atoms with E-state index in [1.807, 2.05) is 23.8 Å². The topological polar surface area (TPSA) is 126 Å². The van der Waals surface area contributed by atoms with Crippen LogP contribution in [0.4, 0.5) is 0 Å². The Kier molecular flexibility index (Phi) is 8.18. The zero-order valence-corrected chi connectivity index (χ0v) is 18.6. The van der Waals surface area contributed by atoms with E-state index in [0.29, 0.717) is 48.1 Å². The number of rotatable bonds is 7. The third-order valence-corrected chi connectivity index (χ3v) is 3.94. The molecular formula is C21H29N7O3. The van der Waals surface area contributed by atoms with Crippen LogP contribution in [0.3, 0.4) is 0 Å². The van der Waals surface area contributed by atoms with E-state index in [1.165, 1.54) is 0 Å². The molecule has 0 amide bonds. The Morgan fingerprint density at radius 2 is 1.77 bits per heavy atom. The Morgan fingerprint density at radius 1 is 1.16 bits per heavy atom. The lowest BCUT2D eigenvalue weighted by molar-refractivity contribution is 0.367. The average molecular weight is 428 g/mol. The molecule has 10 heteroatoms. The summed E-state index contributed by atoms with van der Waals surface area (Å²) in [4.78, 5) is 13.0. The Morgan fingerprint density at radius 3 is 2.29 bits per heavy atom. The smallest absolute Gasteiger partial charge is 0.223 e. The molecule has 0 fully saturated rings. The number of nitrogens with zero attached hydrogens (tertiary/aromatic N) is 5. The summed E-state index contributed by atoms with van der Waals surface area (Å²) in [5.74, 6) is 2.61. The monoisotopic (exact) mass is 427 g/mol. The predicted molar refractivity (Wildman–Crippen MR) is 117 cm³/mol. The molecule has 3 aromatic heterocycles. The molecule has 0 bridgehead atoms. The SMILES string of the molecule is C=C(C)N.C=c1ccn(Cc2nc(OC)cc(OC)n2)/c1=C(/C)NCc1noc(C)n1. The van der Waals surface area contributed by atoms with E-state index < -0.39 is 0 Å². The number of nitrogens with one attached hydrogen (secondary N) is 1. The standard InChI is InChI=1S/C18H22N6O3.C3H7N/c1-11-6-7-24(10-15-21-16(25-4)8-17(22-15)26-5)18(11)12(2)19-9-14-20-13(3)27-23-14;1-3(2)4/h6-8,19H,1,9-10H2,2-5H3;1,4H2,2H3/b18-12-;. The molecule has 0 aromatic carbocycles. The van der Waals surface area contributed by atoms with E-state index in [-0.39, 0.29) is 0 Å². The van der Waals surface area contributed by atoms with Crippen LogP contribution in [-0.2, 0) is 13.1 Å². The molecule has 3 aromatic rings. The van der Waals surface area contributed by atoms with Crippen LogP contribution in [0.25, 0.3) is 12.3 Å². The van der Waals surface area contributed by atoms with Crippen LogP contribution in [0.15, 0.2) is 35.1 Å². The summed E-state index contributed by atoms with van der Waals surface area (Å²) in [6, 6.07) is 3.58. The largest absolute Gasteiger partial charge is 0.481 e. The van der Waals surface area contributed by atoms with Gasteiger partial charge in [0.25, 0.3) is 0 Å². The molecule has 0 aliphatic heterocycles. The number of aromatic nitrogens is 5. The number of methoxy groups -OCH3 is 2. The fourth-order valence-electron chi connectivity index (χ4n) is 2.70. The van der Waals surface area contributed by atoms with Crippen LogP contribution < -0.4 is 31.1 Å². The van der Waals surface area contributed by atoms with Crippen LogP contribution in [0.1, 0.15) is 31.4 Å². The van der Waals surface area contributed by atoms with E-state index >= 15 is 0 Å². The van der Waals surface area contributed by atoms with Crippen molar-refractivity contribution in [1.82, 2.24) is 30.0 Å². The number of aryl methyl sites for hydroxylation is 1.